The van der Waals surface area contributed by atoms with Gasteiger partial charge in [0.1, 0.15) is 5.76 Å². The van der Waals surface area contributed by atoms with Gasteiger partial charge in [-0.1, -0.05) is 6.92 Å². The summed E-state index contributed by atoms with van der Waals surface area (Å²) in [5.41, 5.74) is 3.62. The van der Waals surface area contributed by atoms with Crippen molar-refractivity contribution >= 4 is 5.91 Å². The number of amides is 1. The van der Waals surface area contributed by atoms with Gasteiger partial charge in [0.05, 0.1) is 31.0 Å². The number of carbonyl (C=O) groups excluding carboxylic acids is 1. The van der Waals surface area contributed by atoms with Crippen LogP contribution in [0, 0.1) is 19.8 Å². The zero-order valence-corrected chi connectivity index (χ0v) is 16.1. The largest absolute Gasteiger partial charge is 0.468 e. The van der Waals surface area contributed by atoms with Crippen LogP contribution in [0.1, 0.15) is 42.5 Å². The van der Waals surface area contributed by atoms with Crippen LogP contribution in [-0.4, -0.2) is 40.2 Å². The molecule has 0 saturated carbocycles. The Morgan fingerprint density at radius 1 is 1.42 bits per heavy atom. The summed E-state index contributed by atoms with van der Waals surface area (Å²) in [7, 11) is 0. The molecule has 0 radical (unpaired) electrons. The number of aryl methyl sites for hydroxylation is 1. The standard InChI is InChI=1S/C20H30N4O2/c1-4-19-15(2)22-24(16(19)3)11-9-21-20(25)17-7-5-10-23(13-17)14-18-8-6-12-26-18/h6,8,12,17H,4-5,7,9-11,13-14H2,1-3H3,(H,21,25). The summed E-state index contributed by atoms with van der Waals surface area (Å²) in [4.78, 5) is 14.9. The highest BCUT2D eigenvalue weighted by Gasteiger charge is 2.26. The van der Waals surface area contributed by atoms with Crippen molar-refractivity contribution in [1.29, 1.82) is 0 Å². The van der Waals surface area contributed by atoms with E-state index in [1.54, 1.807) is 6.26 Å². The lowest BCUT2D eigenvalue weighted by Gasteiger charge is -2.31. The number of carbonyl (C=O) groups is 1. The first-order chi connectivity index (χ1) is 12.6. The van der Waals surface area contributed by atoms with Crippen molar-refractivity contribution in [3.05, 3.63) is 41.1 Å². The van der Waals surface area contributed by atoms with E-state index in [0.29, 0.717) is 6.54 Å². The molecule has 3 rings (SSSR count). The molecule has 0 bridgehead atoms. The molecule has 0 aromatic carbocycles. The van der Waals surface area contributed by atoms with Crippen molar-refractivity contribution in [2.75, 3.05) is 19.6 Å². The third-order valence-electron chi connectivity index (χ3n) is 5.34. The van der Waals surface area contributed by atoms with E-state index in [1.165, 1.54) is 11.3 Å². The molecule has 0 spiro atoms. The number of rotatable bonds is 7. The fraction of sp³-hybridized carbons (Fsp3) is 0.600. The van der Waals surface area contributed by atoms with Gasteiger partial charge in [-0.05, 0) is 57.4 Å². The van der Waals surface area contributed by atoms with Gasteiger partial charge in [-0.25, -0.2) is 0 Å². The van der Waals surface area contributed by atoms with Crippen molar-refractivity contribution in [2.24, 2.45) is 5.92 Å². The van der Waals surface area contributed by atoms with E-state index in [1.807, 2.05) is 16.8 Å². The molecule has 6 nitrogen and oxygen atoms in total. The first kappa shape index (κ1) is 18.7. The van der Waals surface area contributed by atoms with E-state index in [2.05, 4.69) is 36.1 Å². The molecule has 6 heteroatoms. The molecule has 1 saturated heterocycles. The molecule has 26 heavy (non-hydrogen) atoms. The Hall–Kier alpha value is -2.08. The Morgan fingerprint density at radius 3 is 2.96 bits per heavy atom. The smallest absolute Gasteiger partial charge is 0.224 e. The topological polar surface area (TPSA) is 63.3 Å². The van der Waals surface area contributed by atoms with Gasteiger partial charge in [-0.2, -0.15) is 5.10 Å². The molecule has 0 aliphatic carbocycles. The summed E-state index contributed by atoms with van der Waals surface area (Å²) in [6.45, 7) is 10.3. The SMILES string of the molecule is CCc1c(C)nn(CCNC(=O)C2CCCN(Cc3ccco3)C2)c1C. The summed E-state index contributed by atoms with van der Waals surface area (Å²) in [6.07, 6.45) is 4.71. The van der Waals surface area contributed by atoms with Crippen LogP contribution in [0.15, 0.2) is 22.8 Å². The number of aromatic nitrogens is 2. The molecular formula is C20H30N4O2. The lowest BCUT2D eigenvalue weighted by atomic mass is 9.97. The fourth-order valence-electron chi connectivity index (χ4n) is 3.93. The van der Waals surface area contributed by atoms with Crippen LogP contribution in [0.3, 0.4) is 0 Å². The second-order valence-electron chi connectivity index (χ2n) is 7.17. The van der Waals surface area contributed by atoms with Gasteiger partial charge < -0.3 is 9.73 Å². The molecule has 1 aliphatic heterocycles. The van der Waals surface area contributed by atoms with Gasteiger partial charge in [0.15, 0.2) is 0 Å². The average molecular weight is 358 g/mol. The molecule has 1 unspecified atom stereocenters. The highest BCUT2D eigenvalue weighted by Crippen LogP contribution is 2.19. The van der Waals surface area contributed by atoms with E-state index in [9.17, 15) is 4.79 Å². The van der Waals surface area contributed by atoms with E-state index < -0.39 is 0 Å². The maximum absolute atomic E-state index is 12.6. The molecule has 2 aromatic rings. The number of hydrogen-bond donors (Lipinski definition) is 1. The Bertz CT molecular complexity index is 721. The van der Waals surface area contributed by atoms with Crippen LogP contribution >= 0.6 is 0 Å². The van der Waals surface area contributed by atoms with E-state index in [4.69, 9.17) is 4.42 Å². The number of likely N-dealkylation sites (tertiary alicyclic amines) is 1. The van der Waals surface area contributed by atoms with E-state index in [0.717, 1.165) is 56.9 Å². The summed E-state index contributed by atoms with van der Waals surface area (Å²) >= 11 is 0. The number of hydrogen-bond acceptors (Lipinski definition) is 4. The predicted octanol–water partition coefficient (Wildman–Crippen LogP) is 2.68. The Balaban J connectivity index is 1.47. The minimum atomic E-state index is 0.0605. The van der Waals surface area contributed by atoms with Crippen molar-refractivity contribution in [3.63, 3.8) is 0 Å². The Labute approximate surface area is 155 Å². The number of furan rings is 1. The molecule has 1 amide bonds. The van der Waals surface area contributed by atoms with Crippen LogP contribution < -0.4 is 5.32 Å². The number of piperidine rings is 1. The van der Waals surface area contributed by atoms with Crippen LogP contribution in [0.25, 0.3) is 0 Å². The monoisotopic (exact) mass is 358 g/mol. The molecule has 142 valence electrons. The second kappa shape index (κ2) is 8.54. The summed E-state index contributed by atoms with van der Waals surface area (Å²) in [5.74, 6) is 1.18. The molecule has 3 heterocycles. The maximum Gasteiger partial charge on any atom is 0.224 e. The molecular weight excluding hydrogens is 328 g/mol. The lowest BCUT2D eigenvalue weighted by molar-refractivity contribution is -0.126. The summed E-state index contributed by atoms with van der Waals surface area (Å²) in [5, 5.41) is 7.70. The first-order valence-corrected chi connectivity index (χ1v) is 9.63. The third-order valence-corrected chi connectivity index (χ3v) is 5.34. The lowest BCUT2D eigenvalue weighted by Crippen LogP contribution is -2.43. The van der Waals surface area contributed by atoms with Gasteiger partial charge in [0.25, 0.3) is 0 Å². The molecule has 1 aliphatic rings. The highest BCUT2D eigenvalue weighted by molar-refractivity contribution is 5.78. The molecule has 1 fully saturated rings. The van der Waals surface area contributed by atoms with Crippen molar-refractivity contribution in [2.45, 2.75) is 53.1 Å². The van der Waals surface area contributed by atoms with Crippen LogP contribution in [-0.2, 0) is 24.3 Å². The highest BCUT2D eigenvalue weighted by atomic mass is 16.3. The van der Waals surface area contributed by atoms with Crippen LogP contribution in [0.2, 0.25) is 0 Å². The van der Waals surface area contributed by atoms with Gasteiger partial charge in [0.2, 0.25) is 5.91 Å². The normalized spacial score (nSPS) is 18.2. The van der Waals surface area contributed by atoms with Gasteiger partial charge >= 0.3 is 0 Å². The minimum Gasteiger partial charge on any atom is -0.468 e. The Kier molecular flexibility index (Phi) is 6.14. The molecule has 1 atom stereocenters. The first-order valence-electron chi connectivity index (χ1n) is 9.63. The average Bonchev–Trinajstić information content (AvgIpc) is 3.23. The predicted molar refractivity (Wildman–Crippen MR) is 101 cm³/mol. The minimum absolute atomic E-state index is 0.0605. The fourth-order valence-corrected chi connectivity index (χ4v) is 3.93. The van der Waals surface area contributed by atoms with Crippen molar-refractivity contribution in [3.8, 4) is 0 Å². The van der Waals surface area contributed by atoms with Crippen LogP contribution in [0.5, 0.6) is 0 Å². The van der Waals surface area contributed by atoms with Gasteiger partial charge in [-0.3, -0.25) is 14.4 Å². The zero-order chi connectivity index (χ0) is 18.5. The summed E-state index contributed by atoms with van der Waals surface area (Å²) < 4.78 is 7.44. The van der Waals surface area contributed by atoms with Gasteiger partial charge in [-0.15, -0.1) is 0 Å². The van der Waals surface area contributed by atoms with E-state index in [-0.39, 0.29) is 11.8 Å². The zero-order valence-electron chi connectivity index (χ0n) is 16.1. The summed E-state index contributed by atoms with van der Waals surface area (Å²) in [6, 6.07) is 3.90. The number of nitrogens with zero attached hydrogens (tertiary/aromatic N) is 3. The third kappa shape index (κ3) is 4.36. The molecule has 1 N–H and O–H groups in total. The maximum atomic E-state index is 12.6. The Morgan fingerprint density at radius 2 is 2.27 bits per heavy atom. The molecule has 2 aromatic heterocycles. The van der Waals surface area contributed by atoms with E-state index >= 15 is 0 Å². The second-order valence-corrected chi connectivity index (χ2v) is 7.17. The van der Waals surface area contributed by atoms with Crippen molar-refractivity contribution in [1.82, 2.24) is 20.0 Å². The number of nitrogens with one attached hydrogen (secondary N) is 1. The van der Waals surface area contributed by atoms with Crippen LogP contribution in [0.4, 0.5) is 0 Å². The van der Waals surface area contributed by atoms with Crippen molar-refractivity contribution < 1.29 is 9.21 Å². The van der Waals surface area contributed by atoms with Gasteiger partial charge in [0, 0.05) is 18.8 Å². The quantitative estimate of drug-likeness (QED) is 0.826.